The zero-order valence-corrected chi connectivity index (χ0v) is 17.7. The van der Waals surface area contributed by atoms with E-state index in [1.165, 1.54) is 32.1 Å². The van der Waals surface area contributed by atoms with Crippen LogP contribution in [-0.4, -0.2) is 6.61 Å². The Hall–Kier alpha value is -1.22. The molecule has 0 aliphatic rings. The van der Waals surface area contributed by atoms with Crippen molar-refractivity contribution in [2.75, 3.05) is 6.61 Å². The average Bonchev–Trinajstić information content (AvgIpc) is 2.68. The maximum absolute atomic E-state index is 6.34. The topological polar surface area (TPSA) is 35.2 Å². The Morgan fingerprint density at radius 2 is 1.59 bits per heavy atom. The molecule has 1 unspecified atom stereocenters. The first-order valence-electron chi connectivity index (χ1n) is 10.0. The zero-order valence-electron chi connectivity index (χ0n) is 16.2. The van der Waals surface area contributed by atoms with Gasteiger partial charge in [-0.25, -0.2) is 0 Å². The van der Waals surface area contributed by atoms with E-state index in [-0.39, 0.29) is 6.04 Å². The molecule has 0 heterocycles. The summed E-state index contributed by atoms with van der Waals surface area (Å²) >= 11 is 12.0. The second kappa shape index (κ2) is 12.3. The zero-order chi connectivity index (χ0) is 19.5. The summed E-state index contributed by atoms with van der Waals surface area (Å²) in [6.45, 7) is 3.03. The van der Waals surface area contributed by atoms with Crippen molar-refractivity contribution < 1.29 is 4.74 Å². The summed E-state index contributed by atoms with van der Waals surface area (Å²) in [4.78, 5) is 0. The fraction of sp³-hybridized carbons (Fsp3) is 0.478. The fourth-order valence-corrected chi connectivity index (χ4v) is 3.39. The van der Waals surface area contributed by atoms with Gasteiger partial charge in [0.1, 0.15) is 5.75 Å². The molecule has 0 spiro atoms. The Bertz CT molecular complexity index is 673. The molecule has 0 bridgehead atoms. The molecule has 0 saturated carbocycles. The molecule has 2 aromatic rings. The van der Waals surface area contributed by atoms with Crippen molar-refractivity contribution in [1.29, 1.82) is 0 Å². The molecule has 0 fully saturated rings. The van der Waals surface area contributed by atoms with Gasteiger partial charge in [-0.05, 0) is 54.7 Å². The molecular weight excluding hydrogens is 377 g/mol. The Kier molecular flexibility index (Phi) is 10.0. The molecule has 2 nitrogen and oxygen atoms in total. The molecule has 0 aromatic heterocycles. The van der Waals surface area contributed by atoms with Crippen molar-refractivity contribution in [3.05, 3.63) is 63.6 Å². The van der Waals surface area contributed by atoms with E-state index in [1.54, 1.807) is 0 Å². The van der Waals surface area contributed by atoms with Crippen molar-refractivity contribution in [2.24, 2.45) is 5.73 Å². The minimum atomic E-state index is -0.00734. The Balaban J connectivity index is 1.71. The lowest BCUT2D eigenvalue weighted by Gasteiger charge is -2.13. The average molecular weight is 408 g/mol. The summed E-state index contributed by atoms with van der Waals surface area (Å²) in [5.74, 6) is 0.920. The van der Waals surface area contributed by atoms with Crippen molar-refractivity contribution in [1.82, 2.24) is 0 Å². The first-order valence-corrected chi connectivity index (χ1v) is 10.8. The maximum Gasteiger partial charge on any atom is 0.119 e. The highest BCUT2D eigenvalue weighted by Gasteiger charge is 2.08. The minimum Gasteiger partial charge on any atom is -0.494 e. The lowest BCUT2D eigenvalue weighted by Crippen LogP contribution is -2.11. The quantitative estimate of drug-likeness (QED) is 0.372. The van der Waals surface area contributed by atoms with E-state index >= 15 is 0 Å². The molecule has 1 atom stereocenters. The third-order valence-corrected chi connectivity index (χ3v) is 5.54. The third kappa shape index (κ3) is 8.13. The second-order valence-corrected chi connectivity index (χ2v) is 7.89. The molecule has 0 amide bonds. The van der Waals surface area contributed by atoms with Gasteiger partial charge in [0, 0.05) is 6.04 Å². The van der Waals surface area contributed by atoms with E-state index < -0.39 is 0 Å². The van der Waals surface area contributed by atoms with Crippen LogP contribution in [0.5, 0.6) is 5.75 Å². The van der Waals surface area contributed by atoms with Crippen LogP contribution in [0.3, 0.4) is 0 Å². The number of halogens is 2. The number of unbranched alkanes of at least 4 members (excludes halogenated alkanes) is 5. The summed E-state index contributed by atoms with van der Waals surface area (Å²) in [6.07, 6.45) is 9.37. The minimum absolute atomic E-state index is 0.00734. The number of aryl methyl sites for hydroxylation is 1. The maximum atomic E-state index is 6.34. The van der Waals surface area contributed by atoms with Gasteiger partial charge in [-0.1, -0.05) is 80.4 Å². The molecule has 2 N–H and O–H groups in total. The molecule has 148 valence electrons. The molecule has 2 aromatic carbocycles. The van der Waals surface area contributed by atoms with Crippen LogP contribution >= 0.6 is 23.2 Å². The van der Waals surface area contributed by atoms with Gasteiger partial charge in [0.25, 0.3) is 0 Å². The van der Waals surface area contributed by atoms with E-state index in [0.29, 0.717) is 10.0 Å². The van der Waals surface area contributed by atoms with Gasteiger partial charge in [-0.3, -0.25) is 0 Å². The van der Waals surface area contributed by atoms with Crippen molar-refractivity contribution in [3.63, 3.8) is 0 Å². The van der Waals surface area contributed by atoms with E-state index in [9.17, 15) is 0 Å². The summed E-state index contributed by atoms with van der Waals surface area (Å²) < 4.78 is 5.83. The first-order chi connectivity index (χ1) is 13.1. The predicted octanol–water partition coefficient (Wildman–Crippen LogP) is 7.37. The van der Waals surface area contributed by atoms with E-state index in [2.05, 4.69) is 19.1 Å². The van der Waals surface area contributed by atoms with Crippen LogP contribution in [-0.2, 0) is 6.42 Å². The van der Waals surface area contributed by atoms with Crippen molar-refractivity contribution in [2.45, 2.75) is 64.3 Å². The normalized spacial score (nSPS) is 12.1. The molecule has 4 heteroatoms. The Labute approximate surface area is 174 Å². The number of hydrogen-bond donors (Lipinski definition) is 1. The lowest BCUT2D eigenvalue weighted by atomic mass is 10.00. The third-order valence-electron chi connectivity index (χ3n) is 4.80. The summed E-state index contributed by atoms with van der Waals surface area (Å²) in [5, 5.41) is 1.18. The van der Waals surface area contributed by atoms with E-state index in [0.717, 1.165) is 42.7 Å². The predicted molar refractivity (Wildman–Crippen MR) is 117 cm³/mol. The SMILES string of the molecule is CCCCCCCCOc1ccc(C(N)CCc2ccc(Cl)c(Cl)c2)cc1. The standard InChI is InChI=1S/C23H31Cl2NO/c1-2-3-4-5-6-7-16-27-20-12-10-19(11-13-20)23(26)15-9-18-8-14-21(24)22(25)17-18/h8,10-14,17,23H,2-7,9,15-16,26H2,1H3. The number of benzene rings is 2. The number of hydrogen-bond acceptors (Lipinski definition) is 2. The number of rotatable bonds is 12. The van der Waals surface area contributed by atoms with Gasteiger partial charge in [0.2, 0.25) is 0 Å². The second-order valence-electron chi connectivity index (χ2n) is 7.08. The van der Waals surface area contributed by atoms with Gasteiger partial charge in [0.05, 0.1) is 16.7 Å². The highest BCUT2D eigenvalue weighted by molar-refractivity contribution is 6.42. The van der Waals surface area contributed by atoms with Crippen molar-refractivity contribution in [3.8, 4) is 5.75 Å². The smallest absolute Gasteiger partial charge is 0.119 e. The van der Waals surface area contributed by atoms with Crippen molar-refractivity contribution >= 4 is 23.2 Å². The molecular formula is C23H31Cl2NO. The highest BCUT2D eigenvalue weighted by atomic mass is 35.5. The van der Waals surface area contributed by atoms with E-state index in [4.69, 9.17) is 33.7 Å². The van der Waals surface area contributed by atoms with Crippen LogP contribution in [0.25, 0.3) is 0 Å². The lowest BCUT2D eigenvalue weighted by molar-refractivity contribution is 0.304. The molecule has 0 saturated heterocycles. The van der Waals surface area contributed by atoms with Gasteiger partial charge in [-0.2, -0.15) is 0 Å². The van der Waals surface area contributed by atoms with Crippen LogP contribution in [0, 0.1) is 0 Å². The van der Waals surface area contributed by atoms with Crippen LogP contribution < -0.4 is 10.5 Å². The molecule has 0 aliphatic heterocycles. The molecule has 0 radical (unpaired) electrons. The van der Waals surface area contributed by atoms with Gasteiger partial charge < -0.3 is 10.5 Å². The largest absolute Gasteiger partial charge is 0.494 e. The molecule has 0 aliphatic carbocycles. The Morgan fingerprint density at radius 1 is 0.889 bits per heavy atom. The summed E-state index contributed by atoms with van der Waals surface area (Å²) in [7, 11) is 0. The fourth-order valence-electron chi connectivity index (χ4n) is 3.07. The molecule has 27 heavy (non-hydrogen) atoms. The number of ether oxygens (including phenoxy) is 1. The first kappa shape index (κ1) is 22.1. The van der Waals surface area contributed by atoms with Gasteiger partial charge in [0.15, 0.2) is 0 Å². The van der Waals surface area contributed by atoms with Crippen LogP contribution in [0.1, 0.15) is 69.0 Å². The molecule has 2 rings (SSSR count). The Morgan fingerprint density at radius 3 is 2.30 bits per heavy atom. The van der Waals surface area contributed by atoms with Crippen LogP contribution in [0.4, 0.5) is 0 Å². The number of nitrogens with two attached hydrogens (primary N) is 1. The summed E-state index contributed by atoms with van der Waals surface area (Å²) in [5.41, 5.74) is 8.62. The summed E-state index contributed by atoms with van der Waals surface area (Å²) in [6, 6.07) is 13.9. The monoisotopic (exact) mass is 407 g/mol. The van der Waals surface area contributed by atoms with E-state index in [1.807, 2.05) is 30.3 Å². The van der Waals surface area contributed by atoms with Gasteiger partial charge >= 0.3 is 0 Å². The van der Waals surface area contributed by atoms with Crippen LogP contribution in [0.2, 0.25) is 10.0 Å². The highest BCUT2D eigenvalue weighted by Crippen LogP contribution is 2.25. The van der Waals surface area contributed by atoms with Gasteiger partial charge in [-0.15, -0.1) is 0 Å². The van der Waals surface area contributed by atoms with Crippen LogP contribution in [0.15, 0.2) is 42.5 Å².